The molecule has 1 N–H and O–H groups in total. The van der Waals surface area contributed by atoms with Gasteiger partial charge in [0.25, 0.3) is 0 Å². The van der Waals surface area contributed by atoms with Crippen molar-refractivity contribution >= 4 is 15.9 Å². The van der Waals surface area contributed by atoms with Gasteiger partial charge in [-0.25, -0.2) is 13.4 Å². The lowest BCUT2D eigenvalue weighted by molar-refractivity contribution is -0.122. The largest absolute Gasteiger partial charge is 0.350 e. The van der Waals surface area contributed by atoms with Crippen LogP contribution in [0, 0.1) is 5.92 Å². The van der Waals surface area contributed by atoms with E-state index in [1.54, 1.807) is 23.3 Å². The second-order valence-electron chi connectivity index (χ2n) is 5.54. The molecule has 0 saturated carbocycles. The van der Waals surface area contributed by atoms with Gasteiger partial charge in [0.2, 0.25) is 15.9 Å². The van der Waals surface area contributed by atoms with E-state index in [-0.39, 0.29) is 24.4 Å². The first-order valence-electron chi connectivity index (χ1n) is 7.10. The molecule has 1 saturated heterocycles. The van der Waals surface area contributed by atoms with Crippen LogP contribution < -0.4 is 5.32 Å². The van der Waals surface area contributed by atoms with Crippen LogP contribution in [0.3, 0.4) is 0 Å². The van der Waals surface area contributed by atoms with Crippen molar-refractivity contribution < 1.29 is 13.2 Å². The van der Waals surface area contributed by atoms with E-state index in [2.05, 4.69) is 17.2 Å². The molecule has 0 radical (unpaired) electrons. The van der Waals surface area contributed by atoms with Gasteiger partial charge in [-0.05, 0) is 12.3 Å². The molecular formula is C13H22N4O3S. The van der Waals surface area contributed by atoms with Crippen LogP contribution in [0.25, 0.3) is 0 Å². The van der Waals surface area contributed by atoms with Crippen LogP contribution in [-0.2, 0) is 21.4 Å². The fourth-order valence-electron chi connectivity index (χ4n) is 2.73. The highest BCUT2D eigenvalue weighted by molar-refractivity contribution is 7.88. The molecule has 2 rings (SSSR count). The third kappa shape index (κ3) is 4.28. The Morgan fingerprint density at radius 2 is 2.19 bits per heavy atom. The number of nitrogens with zero attached hydrogens (tertiary/aromatic N) is 3. The fourth-order valence-corrected chi connectivity index (χ4v) is 3.62. The molecule has 2 atom stereocenters. The number of rotatable bonds is 6. The van der Waals surface area contributed by atoms with E-state index >= 15 is 0 Å². The summed E-state index contributed by atoms with van der Waals surface area (Å²) in [6, 6.07) is -0.115. The maximum atomic E-state index is 12.0. The molecule has 0 aliphatic carbocycles. The number of carbonyl (C=O) groups excluding carboxylic acids is 1. The normalized spacial score (nSPS) is 23.3. The zero-order chi connectivity index (χ0) is 15.5. The minimum atomic E-state index is -3.21. The van der Waals surface area contributed by atoms with Crippen LogP contribution in [0.5, 0.6) is 0 Å². The number of sulfonamides is 1. The fraction of sp³-hybridized carbons (Fsp3) is 0.692. The Kier molecular flexibility index (Phi) is 5.00. The van der Waals surface area contributed by atoms with Crippen molar-refractivity contribution in [1.82, 2.24) is 19.2 Å². The summed E-state index contributed by atoms with van der Waals surface area (Å²) in [6.45, 7) is 3.11. The number of imidazole rings is 1. The van der Waals surface area contributed by atoms with Gasteiger partial charge < -0.3 is 9.88 Å². The van der Waals surface area contributed by atoms with E-state index in [0.717, 1.165) is 12.8 Å². The number of nitrogens with one attached hydrogen (secondary N) is 1. The highest BCUT2D eigenvalue weighted by Crippen LogP contribution is 2.23. The number of hydrogen-bond acceptors (Lipinski definition) is 4. The highest BCUT2D eigenvalue weighted by atomic mass is 32.2. The predicted molar refractivity (Wildman–Crippen MR) is 79.0 cm³/mol. The van der Waals surface area contributed by atoms with E-state index in [4.69, 9.17) is 0 Å². The topological polar surface area (TPSA) is 84.3 Å². The van der Waals surface area contributed by atoms with Gasteiger partial charge in [0.05, 0.1) is 12.6 Å². The molecule has 0 bridgehead atoms. The second kappa shape index (κ2) is 6.57. The molecule has 1 aliphatic heterocycles. The molecule has 0 spiro atoms. The van der Waals surface area contributed by atoms with Crippen LogP contribution in [0.1, 0.15) is 19.8 Å². The summed E-state index contributed by atoms with van der Waals surface area (Å²) < 4.78 is 26.5. The average molecular weight is 314 g/mol. The van der Waals surface area contributed by atoms with Crippen LogP contribution in [-0.4, -0.2) is 53.6 Å². The maximum Gasteiger partial charge on any atom is 0.240 e. The number of carbonyl (C=O) groups is 1. The molecule has 21 heavy (non-hydrogen) atoms. The van der Waals surface area contributed by atoms with Gasteiger partial charge in [-0.2, -0.15) is 4.31 Å². The zero-order valence-corrected chi connectivity index (χ0v) is 13.2. The SMILES string of the molecule is CCC[C@@H]1CN(S(C)(=O)=O)C[C@H]1NC(=O)Cn1ccnc1. The average Bonchev–Trinajstić information content (AvgIpc) is 2.99. The number of amides is 1. The van der Waals surface area contributed by atoms with Crippen LogP contribution >= 0.6 is 0 Å². The van der Waals surface area contributed by atoms with Crippen molar-refractivity contribution in [1.29, 1.82) is 0 Å². The van der Waals surface area contributed by atoms with Crippen molar-refractivity contribution in [3.8, 4) is 0 Å². The first kappa shape index (κ1) is 16.0. The lowest BCUT2D eigenvalue weighted by Gasteiger charge is -2.19. The molecule has 0 unspecified atom stereocenters. The number of aromatic nitrogens is 2. The summed E-state index contributed by atoms with van der Waals surface area (Å²) in [5, 5.41) is 2.96. The van der Waals surface area contributed by atoms with Crippen molar-refractivity contribution in [2.75, 3.05) is 19.3 Å². The summed E-state index contributed by atoms with van der Waals surface area (Å²) in [6.07, 6.45) is 8.01. The minimum absolute atomic E-state index is 0.115. The molecule has 2 heterocycles. The molecule has 1 aromatic heterocycles. The van der Waals surface area contributed by atoms with Gasteiger partial charge in [0.1, 0.15) is 6.54 Å². The Bertz CT molecular complexity index is 570. The van der Waals surface area contributed by atoms with Crippen molar-refractivity contribution in [2.45, 2.75) is 32.4 Å². The smallest absolute Gasteiger partial charge is 0.240 e. The molecule has 1 fully saturated rings. The lowest BCUT2D eigenvalue weighted by Crippen LogP contribution is -2.42. The van der Waals surface area contributed by atoms with E-state index in [1.165, 1.54) is 10.6 Å². The van der Waals surface area contributed by atoms with E-state index in [1.807, 2.05) is 0 Å². The lowest BCUT2D eigenvalue weighted by atomic mass is 9.98. The third-order valence-electron chi connectivity index (χ3n) is 3.77. The molecule has 1 aliphatic rings. The summed E-state index contributed by atoms with van der Waals surface area (Å²) >= 11 is 0. The van der Waals surface area contributed by atoms with Crippen LogP contribution in [0.15, 0.2) is 18.7 Å². The van der Waals surface area contributed by atoms with Gasteiger partial charge >= 0.3 is 0 Å². The van der Waals surface area contributed by atoms with Crippen molar-refractivity contribution in [3.05, 3.63) is 18.7 Å². The molecule has 1 aromatic rings. The molecule has 8 heteroatoms. The summed E-state index contributed by atoms with van der Waals surface area (Å²) in [4.78, 5) is 15.9. The van der Waals surface area contributed by atoms with E-state index in [9.17, 15) is 13.2 Å². The Morgan fingerprint density at radius 1 is 1.43 bits per heavy atom. The highest BCUT2D eigenvalue weighted by Gasteiger charge is 2.37. The van der Waals surface area contributed by atoms with Gasteiger partial charge in [0.15, 0.2) is 0 Å². The van der Waals surface area contributed by atoms with E-state index in [0.29, 0.717) is 13.1 Å². The molecule has 0 aromatic carbocycles. The minimum Gasteiger partial charge on any atom is -0.350 e. The molecule has 7 nitrogen and oxygen atoms in total. The monoisotopic (exact) mass is 314 g/mol. The van der Waals surface area contributed by atoms with Crippen molar-refractivity contribution in [2.24, 2.45) is 5.92 Å². The summed E-state index contributed by atoms with van der Waals surface area (Å²) in [5.74, 6) is 0.0610. The first-order valence-corrected chi connectivity index (χ1v) is 8.95. The summed E-state index contributed by atoms with van der Waals surface area (Å²) in [7, 11) is -3.21. The first-order chi connectivity index (χ1) is 9.90. The third-order valence-corrected chi connectivity index (χ3v) is 5.00. The Hall–Kier alpha value is -1.41. The maximum absolute atomic E-state index is 12.0. The van der Waals surface area contributed by atoms with Crippen molar-refractivity contribution in [3.63, 3.8) is 0 Å². The van der Waals surface area contributed by atoms with E-state index < -0.39 is 10.0 Å². The van der Waals surface area contributed by atoms with Gasteiger partial charge in [-0.1, -0.05) is 13.3 Å². The van der Waals surface area contributed by atoms with Gasteiger partial charge in [-0.15, -0.1) is 0 Å². The molecular weight excluding hydrogens is 292 g/mol. The van der Waals surface area contributed by atoms with Crippen LogP contribution in [0.2, 0.25) is 0 Å². The number of hydrogen-bond donors (Lipinski definition) is 1. The van der Waals surface area contributed by atoms with Crippen LogP contribution in [0.4, 0.5) is 0 Å². The Balaban J connectivity index is 1.97. The standard InChI is InChI=1S/C13H22N4O3S/c1-3-4-11-7-17(21(2,19)20)8-12(11)15-13(18)9-16-6-5-14-10-16/h5-6,10-12H,3-4,7-9H2,1-2H3,(H,15,18)/t11-,12-/m1/s1. The molecule has 1 amide bonds. The predicted octanol–water partition coefficient (Wildman–Crippen LogP) is 0.0594. The second-order valence-corrected chi connectivity index (χ2v) is 7.52. The quantitative estimate of drug-likeness (QED) is 0.805. The zero-order valence-electron chi connectivity index (χ0n) is 12.4. The van der Waals surface area contributed by atoms with Gasteiger partial charge in [-0.3, -0.25) is 4.79 Å². The van der Waals surface area contributed by atoms with Gasteiger partial charge in [0, 0.05) is 31.5 Å². The Morgan fingerprint density at radius 3 is 2.76 bits per heavy atom. The summed E-state index contributed by atoms with van der Waals surface area (Å²) in [5.41, 5.74) is 0. The Labute approximate surface area is 125 Å². The molecule has 118 valence electrons.